The van der Waals surface area contributed by atoms with Crippen LogP contribution in [0.3, 0.4) is 0 Å². The lowest BCUT2D eigenvalue weighted by molar-refractivity contribution is -0.233. The van der Waals surface area contributed by atoms with Crippen LogP contribution in [0.4, 0.5) is 5.69 Å². The number of epoxide rings is 1. The number of benzene rings is 2. The number of phenolic OH excluding ortho intramolecular Hbond substituents is 1. The highest BCUT2D eigenvalue weighted by molar-refractivity contribution is 6.06. The van der Waals surface area contributed by atoms with Gasteiger partial charge in [0.25, 0.3) is 5.91 Å². The van der Waals surface area contributed by atoms with Crippen LogP contribution in [0.25, 0.3) is 11.0 Å². The third-order valence-electron chi connectivity index (χ3n) is 7.77. The van der Waals surface area contributed by atoms with Crippen LogP contribution in [0, 0.1) is 6.92 Å². The Morgan fingerprint density at radius 2 is 1.95 bits per heavy atom. The highest BCUT2D eigenvalue weighted by atomic mass is 16.7. The number of rotatable bonds is 10. The Labute approximate surface area is 250 Å². The van der Waals surface area contributed by atoms with E-state index in [0.29, 0.717) is 41.7 Å². The van der Waals surface area contributed by atoms with Gasteiger partial charge in [-0.2, -0.15) is 0 Å². The molecule has 3 aromatic rings. The van der Waals surface area contributed by atoms with Crippen LogP contribution in [0.15, 0.2) is 51.2 Å². The van der Waals surface area contributed by atoms with E-state index >= 15 is 0 Å². The number of phenols is 1. The van der Waals surface area contributed by atoms with E-state index in [4.69, 9.17) is 28.1 Å². The zero-order valence-electron chi connectivity index (χ0n) is 25.4. The number of aromatic hydroxyl groups is 1. The highest BCUT2D eigenvalue weighted by Gasteiger charge is 2.39. The summed E-state index contributed by atoms with van der Waals surface area (Å²) in [5, 5.41) is 13.5. The van der Waals surface area contributed by atoms with Crippen LogP contribution in [0.2, 0.25) is 0 Å². The van der Waals surface area contributed by atoms with E-state index in [-0.39, 0.29) is 47.1 Å². The van der Waals surface area contributed by atoms with E-state index in [1.54, 1.807) is 32.2 Å². The summed E-state index contributed by atoms with van der Waals surface area (Å²) >= 11 is 0. The molecular formula is C33H39NO9. The molecule has 0 radical (unpaired) electrons. The lowest BCUT2D eigenvalue weighted by atomic mass is 9.94. The van der Waals surface area contributed by atoms with Crippen molar-refractivity contribution in [1.29, 1.82) is 0 Å². The molecule has 2 aliphatic rings. The fourth-order valence-electron chi connectivity index (χ4n) is 5.21. The van der Waals surface area contributed by atoms with E-state index < -0.39 is 23.4 Å². The molecule has 3 atom stereocenters. The Balaban J connectivity index is 1.46. The molecule has 2 aromatic carbocycles. The molecule has 0 aliphatic carbocycles. The number of aryl methyl sites for hydroxylation is 1. The van der Waals surface area contributed by atoms with Crippen LogP contribution >= 0.6 is 0 Å². The number of methoxy groups -OCH3 is 1. The molecule has 10 heteroatoms. The molecular weight excluding hydrogens is 554 g/mol. The molecule has 2 saturated heterocycles. The van der Waals surface area contributed by atoms with Gasteiger partial charge in [0.2, 0.25) is 6.29 Å². The Hall–Kier alpha value is -3.86. The first-order valence-electron chi connectivity index (χ1n) is 14.5. The second kappa shape index (κ2) is 12.4. The van der Waals surface area contributed by atoms with E-state index in [1.165, 1.54) is 12.1 Å². The van der Waals surface area contributed by atoms with Gasteiger partial charge in [0, 0.05) is 24.7 Å². The average molecular weight is 594 g/mol. The summed E-state index contributed by atoms with van der Waals surface area (Å²) in [6.07, 6.45) is 3.19. The predicted molar refractivity (Wildman–Crippen MR) is 161 cm³/mol. The molecule has 1 amide bonds. The minimum atomic E-state index is -0.769. The number of fused-ring (bicyclic) bond motifs is 1. The maximum Gasteiger partial charge on any atom is 0.364 e. The van der Waals surface area contributed by atoms with E-state index in [9.17, 15) is 14.7 Å². The van der Waals surface area contributed by atoms with Crippen molar-refractivity contribution < 1.29 is 38.0 Å². The maximum atomic E-state index is 13.4. The first-order chi connectivity index (χ1) is 20.5. The third kappa shape index (κ3) is 6.87. The number of hydrogen-bond acceptors (Lipinski definition) is 9. The summed E-state index contributed by atoms with van der Waals surface area (Å²) in [6, 6.07) is 8.07. The fraction of sp³-hybridized carbons (Fsp3) is 0.455. The molecule has 43 heavy (non-hydrogen) atoms. The van der Waals surface area contributed by atoms with Gasteiger partial charge in [0.05, 0.1) is 23.7 Å². The SMILES string of the molecule is CO[C@@H]1CC[C@H](Oc2ccc3c(OCC4CO4)c(NC(=O)c4ccc(O)c(CC=C(C)C)c4)c(=O)oc3c2C)OC1(C)C. The van der Waals surface area contributed by atoms with Crippen molar-refractivity contribution in [2.24, 2.45) is 0 Å². The summed E-state index contributed by atoms with van der Waals surface area (Å²) in [4.78, 5) is 26.7. The summed E-state index contributed by atoms with van der Waals surface area (Å²) in [5.41, 5.74) is 1.41. The van der Waals surface area contributed by atoms with Gasteiger partial charge in [-0.3, -0.25) is 4.79 Å². The molecule has 2 aliphatic heterocycles. The number of amides is 1. The zero-order chi connectivity index (χ0) is 30.9. The Bertz CT molecular complexity index is 1600. The van der Waals surface area contributed by atoms with Gasteiger partial charge in [0.1, 0.15) is 29.8 Å². The predicted octanol–water partition coefficient (Wildman–Crippen LogP) is 5.65. The number of nitrogens with one attached hydrogen (secondary N) is 1. The van der Waals surface area contributed by atoms with Gasteiger partial charge in [-0.1, -0.05) is 11.6 Å². The quantitative estimate of drug-likeness (QED) is 0.174. The number of hydrogen-bond donors (Lipinski definition) is 2. The molecule has 0 bridgehead atoms. The Morgan fingerprint density at radius 1 is 1.19 bits per heavy atom. The number of carbonyl (C=O) groups excluding carboxylic acids is 1. The average Bonchev–Trinajstić information content (AvgIpc) is 3.78. The molecule has 1 unspecified atom stereocenters. The van der Waals surface area contributed by atoms with Gasteiger partial charge in [-0.05, 0) is 83.4 Å². The smallest absolute Gasteiger partial charge is 0.364 e. The molecule has 2 fully saturated rings. The van der Waals surface area contributed by atoms with Crippen molar-refractivity contribution in [1.82, 2.24) is 0 Å². The van der Waals surface area contributed by atoms with E-state index in [0.717, 1.165) is 12.0 Å². The van der Waals surface area contributed by atoms with E-state index in [1.807, 2.05) is 33.8 Å². The number of anilines is 1. The van der Waals surface area contributed by atoms with Crippen LogP contribution in [0.1, 0.15) is 62.0 Å². The summed E-state index contributed by atoms with van der Waals surface area (Å²) in [6.45, 7) is 10.4. The lowest BCUT2D eigenvalue weighted by Crippen LogP contribution is -2.49. The van der Waals surface area contributed by atoms with Crippen molar-refractivity contribution >= 4 is 22.6 Å². The molecule has 3 heterocycles. The minimum absolute atomic E-state index is 0.0441. The third-order valence-corrected chi connectivity index (χ3v) is 7.77. The van der Waals surface area contributed by atoms with Crippen LogP contribution < -0.4 is 20.4 Å². The molecule has 2 N–H and O–H groups in total. The lowest BCUT2D eigenvalue weighted by Gasteiger charge is -2.41. The van der Waals surface area contributed by atoms with Crippen molar-refractivity contribution in [2.45, 2.75) is 78.0 Å². The topological polar surface area (TPSA) is 129 Å². The number of ether oxygens (including phenoxy) is 5. The summed E-state index contributed by atoms with van der Waals surface area (Å²) < 4.78 is 35.1. The van der Waals surface area contributed by atoms with E-state index in [2.05, 4.69) is 5.32 Å². The second-order valence-electron chi connectivity index (χ2n) is 11.8. The number of allylic oxidation sites excluding steroid dienone is 2. The normalized spacial score (nSPS) is 20.8. The molecule has 5 rings (SSSR count). The van der Waals surface area contributed by atoms with Gasteiger partial charge >= 0.3 is 5.63 Å². The summed E-state index contributed by atoms with van der Waals surface area (Å²) in [7, 11) is 1.67. The first-order valence-corrected chi connectivity index (χ1v) is 14.5. The highest BCUT2D eigenvalue weighted by Crippen LogP contribution is 2.39. The molecule has 1 aromatic heterocycles. The molecule has 230 valence electrons. The minimum Gasteiger partial charge on any atom is -0.508 e. The zero-order valence-corrected chi connectivity index (χ0v) is 25.4. The fourth-order valence-corrected chi connectivity index (χ4v) is 5.21. The van der Waals surface area contributed by atoms with Crippen LogP contribution in [-0.4, -0.2) is 55.4 Å². The largest absolute Gasteiger partial charge is 0.508 e. The van der Waals surface area contributed by atoms with Gasteiger partial charge < -0.3 is 38.5 Å². The Morgan fingerprint density at radius 3 is 2.63 bits per heavy atom. The molecule has 0 saturated carbocycles. The van der Waals surface area contributed by atoms with Crippen LogP contribution in [0.5, 0.6) is 17.2 Å². The second-order valence-corrected chi connectivity index (χ2v) is 11.8. The maximum absolute atomic E-state index is 13.4. The van der Waals surface area contributed by atoms with Crippen molar-refractivity contribution in [3.8, 4) is 17.2 Å². The molecule has 0 spiro atoms. The van der Waals surface area contributed by atoms with Gasteiger partial charge in [0.15, 0.2) is 11.4 Å². The van der Waals surface area contributed by atoms with Gasteiger partial charge in [-0.25, -0.2) is 4.79 Å². The Kier molecular flexibility index (Phi) is 8.82. The number of carbonyl (C=O) groups is 1. The van der Waals surface area contributed by atoms with Crippen molar-refractivity contribution in [2.75, 3.05) is 25.6 Å². The first kappa shape index (κ1) is 30.6. The van der Waals surface area contributed by atoms with Crippen molar-refractivity contribution in [3.63, 3.8) is 0 Å². The van der Waals surface area contributed by atoms with Crippen molar-refractivity contribution in [3.05, 3.63) is 69.1 Å². The standard InChI is InChI=1S/C33H39NO9/c1-18(2)7-8-20-15-21(9-11-24(20)35)31(36)34-28-30(40-17-22-16-39-22)23-10-12-25(19(3)29(23)42-32(28)37)41-27-14-13-26(38-6)33(4,5)43-27/h7,9-12,15,22,26-27,35H,8,13-14,16-17H2,1-6H3,(H,34,36)/t22?,26-,27-/m1/s1. The molecule has 10 nitrogen and oxygen atoms in total. The summed E-state index contributed by atoms with van der Waals surface area (Å²) in [5.74, 6) is 0.238. The monoisotopic (exact) mass is 593 g/mol. The van der Waals surface area contributed by atoms with Gasteiger partial charge in [-0.15, -0.1) is 0 Å². The van der Waals surface area contributed by atoms with Crippen LogP contribution in [-0.2, 0) is 20.6 Å².